The van der Waals surface area contributed by atoms with Gasteiger partial charge in [0.2, 0.25) is 0 Å². The Kier molecular flexibility index (Phi) is 6.42. The fourth-order valence-corrected chi connectivity index (χ4v) is 10.3. The highest BCUT2D eigenvalue weighted by Crippen LogP contribution is 2.50. The molecule has 0 bridgehead atoms. The third kappa shape index (κ3) is 4.45. The van der Waals surface area contributed by atoms with Gasteiger partial charge >= 0.3 is 0 Å². The Morgan fingerprint density at radius 2 is 1.35 bits per heavy atom. The lowest BCUT2D eigenvalue weighted by Crippen LogP contribution is -2.16. The van der Waals surface area contributed by atoms with Crippen molar-refractivity contribution in [3.63, 3.8) is 0 Å². The highest BCUT2D eigenvalue weighted by molar-refractivity contribution is 7.25. The van der Waals surface area contributed by atoms with Crippen molar-refractivity contribution in [1.82, 2.24) is 15.0 Å². The van der Waals surface area contributed by atoms with Crippen molar-refractivity contribution >= 4 is 70.7 Å². The molecule has 0 saturated heterocycles. The van der Waals surface area contributed by atoms with Crippen LogP contribution in [0.3, 0.4) is 0 Å². The van der Waals surface area contributed by atoms with Crippen LogP contribution >= 0.6 is 11.3 Å². The Bertz CT molecular complexity index is 3140. The maximum atomic E-state index is 6.56. The van der Waals surface area contributed by atoms with E-state index in [0.717, 1.165) is 57.9 Å². The summed E-state index contributed by atoms with van der Waals surface area (Å²) in [5, 5.41) is 4.46. The van der Waals surface area contributed by atoms with E-state index >= 15 is 0 Å². The molecular formula is C49H31N3OS. The molecule has 1 unspecified atom stereocenters. The van der Waals surface area contributed by atoms with E-state index in [9.17, 15) is 0 Å². The number of nitrogens with zero attached hydrogens (tertiary/aromatic N) is 3. The van der Waals surface area contributed by atoms with Crippen LogP contribution in [0.4, 0.5) is 0 Å². The predicted molar refractivity (Wildman–Crippen MR) is 223 cm³/mol. The standard InChI is InChI=1S/C49H31N3OS/c1-2-9-31(10-3-1)47-50-48(52-49(51-47)37-15-8-18-42-46(37)35-13-4-5-17-41(35)54-42)36-14-7-16-40-45(36)38-27-32(23-26-39(38)53-40)33-24-21-30-20-19-28-11-6-12-29-22-25-34(33)44(30)43(28)29/h1-10,12-19,22-27,30H,11,20-21H2. The van der Waals surface area contributed by atoms with Gasteiger partial charge in [0.15, 0.2) is 17.5 Å². The number of benzene rings is 6. The summed E-state index contributed by atoms with van der Waals surface area (Å²) < 4.78 is 9.03. The fourth-order valence-electron chi connectivity index (χ4n) is 9.13. The summed E-state index contributed by atoms with van der Waals surface area (Å²) in [4.78, 5) is 15.6. The van der Waals surface area contributed by atoms with Gasteiger partial charge in [-0.3, -0.25) is 0 Å². The Morgan fingerprint density at radius 1 is 0.574 bits per heavy atom. The van der Waals surface area contributed by atoms with Crippen molar-refractivity contribution in [1.29, 1.82) is 0 Å². The normalized spacial score (nSPS) is 15.9. The van der Waals surface area contributed by atoms with E-state index in [0.29, 0.717) is 23.4 Å². The smallest absolute Gasteiger partial charge is 0.164 e. The maximum absolute atomic E-state index is 6.56. The van der Waals surface area contributed by atoms with Crippen LogP contribution in [-0.4, -0.2) is 15.0 Å². The molecule has 0 radical (unpaired) electrons. The third-order valence-electron chi connectivity index (χ3n) is 11.5. The molecule has 0 amide bonds. The van der Waals surface area contributed by atoms with Crippen molar-refractivity contribution in [3.8, 4) is 34.2 Å². The van der Waals surface area contributed by atoms with Crippen molar-refractivity contribution < 1.29 is 4.42 Å². The maximum Gasteiger partial charge on any atom is 0.164 e. The molecule has 0 aliphatic heterocycles. The number of furan rings is 1. The molecule has 0 N–H and O–H groups in total. The molecule has 3 aliphatic rings. The number of allylic oxidation sites excluding steroid dienone is 4. The molecule has 4 nitrogen and oxygen atoms in total. The van der Waals surface area contributed by atoms with Crippen LogP contribution in [0.5, 0.6) is 0 Å². The first kappa shape index (κ1) is 30.1. The van der Waals surface area contributed by atoms with Crippen LogP contribution in [0.1, 0.15) is 53.0 Å². The molecule has 12 rings (SSSR count). The van der Waals surface area contributed by atoms with Gasteiger partial charge in [-0.05, 0) is 94.5 Å². The number of aromatic nitrogens is 3. The first-order valence-corrected chi connectivity index (χ1v) is 19.5. The Morgan fingerprint density at radius 3 is 2.26 bits per heavy atom. The first-order valence-electron chi connectivity index (χ1n) is 18.7. The van der Waals surface area contributed by atoms with Gasteiger partial charge in [0.1, 0.15) is 11.2 Å². The van der Waals surface area contributed by atoms with Crippen molar-refractivity contribution in [2.24, 2.45) is 0 Å². The average molecular weight is 710 g/mol. The Balaban J connectivity index is 1.07. The quantitative estimate of drug-likeness (QED) is 0.183. The number of hydrogen-bond donors (Lipinski definition) is 0. The van der Waals surface area contributed by atoms with Crippen molar-refractivity contribution in [2.75, 3.05) is 0 Å². The van der Waals surface area contributed by atoms with Gasteiger partial charge in [-0.15, -0.1) is 11.3 Å². The molecule has 0 saturated carbocycles. The zero-order chi connectivity index (χ0) is 35.3. The minimum Gasteiger partial charge on any atom is -0.456 e. The van der Waals surface area contributed by atoms with E-state index < -0.39 is 0 Å². The molecule has 9 aromatic rings. The number of thiophene rings is 1. The zero-order valence-corrected chi connectivity index (χ0v) is 30.0. The van der Waals surface area contributed by atoms with E-state index in [4.69, 9.17) is 19.4 Å². The van der Waals surface area contributed by atoms with E-state index in [1.165, 1.54) is 59.1 Å². The second kappa shape index (κ2) is 11.5. The molecule has 6 aromatic carbocycles. The molecular weight excluding hydrogens is 679 g/mol. The van der Waals surface area contributed by atoms with Gasteiger partial charge in [0, 0.05) is 47.6 Å². The number of fused-ring (bicyclic) bond motifs is 6. The summed E-state index contributed by atoms with van der Waals surface area (Å²) in [5.74, 6) is 2.46. The van der Waals surface area contributed by atoms with Crippen LogP contribution in [0.25, 0.3) is 93.5 Å². The highest BCUT2D eigenvalue weighted by Gasteiger charge is 2.31. The second-order valence-electron chi connectivity index (χ2n) is 14.6. The number of hydrogen-bond acceptors (Lipinski definition) is 5. The molecule has 0 spiro atoms. The Hall–Kier alpha value is -6.43. The second-order valence-corrected chi connectivity index (χ2v) is 15.6. The van der Waals surface area contributed by atoms with Gasteiger partial charge in [0.25, 0.3) is 0 Å². The molecule has 1 atom stereocenters. The summed E-state index contributed by atoms with van der Waals surface area (Å²) in [5.41, 5.74) is 14.3. The minimum atomic E-state index is 0.536. The van der Waals surface area contributed by atoms with Crippen LogP contribution in [0.15, 0.2) is 144 Å². The molecule has 0 fully saturated rings. The predicted octanol–water partition coefficient (Wildman–Crippen LogP) is 13.3. The van der Waals surface area contributed by atoms with Crippen LogP contribution in [0, 0.1) is 0 Å². The summed E-state index contributed by atoms with van der Waals surface area (Å²) in [7, 11) is 0. The number of rotatable bonds is 4. The van der Waals surface area contributed by atoms with E-state index in [1.807, 2.05) is 24.3 Å². The van der Waals surface area contributed by atoms with E-state index in [-0.39, 0.29) is 0 Å². The molecule has 254 valence electrons. The lowest BCUT2D eigenvalue weighted by molar-refractivity contribution is 0.669. The average Bonchev–Trinajstić information content (AvgIpc) is 3.81. The molecule has 54 heavy (non-hydrogen) atoms. The monoisotopic (exact) mass is 709 g/mol. The minimum absolute atomic E-state index is 0.536. The van der Waals surface area contributed by atoms with Crippen molar-refractivity contribution in [3.05, 3.63) is 167 Å². The van der Waals surface area contributed by atoms with Gasteiger partial charge in [-0.25, -0.2) is 15.0 Å². The summed E-state index contributed by atoms with van der Waals surface area (Å²) in [6, 6.07) is 42.8. The van der Waals surface area contributed by atoms with Gasteiger partial charge in [-0.1, -0.05) is 115 Å². The summed E-state index contributed by atoms with van der Waals surface area (Å²) in [6.45, 7) is 0. The molecule has 3 aromatic heterocycles. The SMILES string of the molecule is C1=Cc2ccc3c4c2C(=CCC4CC=C3c2ccc3oc4cccc(-c5nc(-c6ccccc6)nc(-c6cccc7sc8ccccc8c67)n5)c4c3c2)C1. The topological polar surface area (TPSA) is 51.8 Å². The molecule has 5 heteroatoms. The lowest BCUT2D eigenvalue weighted by Gasteiger charge is -2.34. The van der Waals surface area contributed by atoms with E-state index in [1.54, 1.807) is 11.3 Å². The van der Waals surface area contributed by atoms with Gasteiger partial charge in [0.05, 0.1) is 0 Å². The lowest BCUT2D eigenvalue weighted by atomic mass is 9.70. The summed E-state index contributed by atoms with van der Waals surface area (Å²) >= 11 is 1.80. The summed E-state index contributed by atoms with van der Waals surface area (Å²) in [6.07, 6.45) is 12.7. The first-order chi connectivity index (χ1) is 26.7. The molecule has 3 aliphatic carbocycles. The van der Waals surface area contributed by atoms with Crippen LogP contribution < -0.4 is 0 Å². The van der Waals surface area contributed by atoms with Gasteiger partial charge < -0.3 is 4.42 Å². The van der Waals surface area contributed by atoms with Gasteiger partial charge in [-0.2, -0.15) is 0 Å². The zero-order valence-electron chi connectivity index (χ0n) is 29.2. The fraction of sp³-hybridized carbons (Fsp3) is 0.0816. The Labute approximate surface area is 315 Å². The van der Waals surface area contributed by atoms with Crippen LogP contribution in [-0.2, 0) is 0 Å². The highest BCUT2D eigenvalue weighted by atomic mass is 32.1. The van der Waals surface area contributed by atoms with Crippen molar-refractivity contribution in [2.45, 2.75) is 25.2 Å². The third-order valence-corrected chi connectivity index (χ3v) is 12.7. The molecule has 3 heterocycles. The van der Waals surface area contributed by atoms with Crippen LogP contribution in [0.2, 0.25) is 0 Å². The largest absolute Gasteiger partial charge is 0.456 e. The van der Waals surface area contributed by atoms with E-state index in [2.05, 4.69) is 121 Å².